The number of amides is 1. The van der Waals surface area contributed by atoms with E-state index in [1.807, 2.05) is 35.2 Å². The fourth-order valence-corrected chi connectivity index (χ4v) is 4.07. The van der Waals surface area contributed by atoms with Crippen molar-refractivity contribution in [2.45, 2.75) is 26.3 Å². The predicted molar refractivity (Wildman–Crippen MR) is 109 cm³/mol. The number of methoxy groups -OCH3 is 1. The van der Waals surface area contributed by atoms with Gasteiger partial charge in [-0.05, 0) is 30.2 Å². The smallest absolute Gasteiger partial charge is 0.337 e. The number of hydrogen-bond acceptors (Lipinski definition) is 3. The molecule has 4 rings (SSSR count). The number of rotatable bonds is 5. The molecule has 0 saturated heterocycles. The van der Waals surface area contributed by atoms with Crippen LogP contribution in [-0.2, 0) is 17.7 Å². The van der Waals surface area contributed by atoms with Gasteiger partial charge in [0.2, 0.25) is 0 Å². The zero-order valence-electron chi connectivity index (χ0n) is 16.3. The van der Waals surface area contributed by atoms with Crippen LogP contribution in [0.3, 0.4) is 0 Å². The monoisotopic (exact) mass is 376 g/mol. The summed E-state index contributed by atoms with van der Waals surface area (Å²) in [6.07, 6.45) is 1.82. The van der Waals surface area contributed by atoms with Crippen molar-refractivity contribution in [1.29, 1.82) is 0 Å². The number of hydrogen-bond donors (Lipinski definition) is 0. The van der Waals surface area contributed by atoms with Gasteiger partial charge in [-0.3, -0.25) is 4.79 Å². The fraction of sp³-hybridized carbons (Fsp3) is 0.304. The lowest BCUT2D eigenvalue weighted by Gasteiger charge is -2.27. The second-order valence-electron chi connectivity index (χ2n) is 7.16. The van der Waals surface area contributed by atoms with Gasteiger partial charge in [-0.1, -0.05) is 37.3 Å². The van der Waals surface area contributed by atoms with E-state index in [0.29, 0.717) is 12.1 Å². The van der Waals surface area contributed by atoms with Crippen LogP contribution in [0.1, 0.15) is 45.3 Å². The molecule has 2 aromatic carbocycles. The molecule has 5 nitrogen and oxygen atoms in total. The lowest BCUT2D eigenvalue weighted by Crippen LogP contribution is -2.38. The van der Waals surface area contributed by atoms with Crippen LogP contribution in [0.15, 0.2) is 48.5 Å². The molecule has 0 aliphatic carbocycles. The van der Waals surface area contributed by atoms with Crippen LogP contribution in [0.25, 0.3) is 10.9 Å². The summed E-state index contributed by atoms with van der Waals surface area (Å²) in [4.78, 5) is 26.7. The molecule has 28 heavy (non-hydrogen) atoms. The van der Waals surface area contributed by atoms with Crippen molar-refractivity contribution in [3.05, 3.63) is 70.9 Å². The molecule has 5 heteroatoms. The third-order valence-corrected chi connectivity index (χ3v) is 5.41. The molecule has 0 atom stereocenters. The summed E-state index contributed by atoms with van der Waals surface area (Å²) >= 11 is 0. The van der Waals surface area contributed by atoms with E-state index >= 15 is 0 Å². The Bertz CT molecular complexity index is 1030. The summed E-state index contributed by atoms with van der Waals surface area (Å²) in [7, 11) is 1.38. The molecule has 1 aliphatic rings. The zero-order valence-corrected chi connectivity index (χ0v) is 16.3. The molecular formula is C23H24N2O3. The Labute approximate surface area is 164 Å². The van der Waals surface area contributed by atoms with E-state index in [4.69, 9.17) is 4.74 Å². The number of esters is 1. The molecule has 1 aromatic heterocycles. The number of carbonyl (C=O) groups excluding carboxylic acids is 2. The maximum absolute atomic E-state index is 13.1. The molecule has 144 valence electrons. The number of benzene rings is 2. The number of nitrogens with zero attached hydrogens (tertiary/aromatic N) is 2. The predicted octanol–water partition coefficient (Wildman–Crippen LogP) is 3.88. The van der Waals surface area contributed by atoms with Crippen LogP contribution in [0.4, 0.5) is 0 Å². The minimum Gasteiger partial charge on any atom is -0.465 e. The summed E-state index contributed by atoms with van der Waals surface area (Å²) in [5.41, 5.74) is 4.66. The molecule has 0 fully saturated rings. The first-order valence-electron chi connectivity index (χ1n) is 9.70. The van der Waals surface area contributed by atoms with Crippen LogP contribution in [0, 0.1) is 0 Å². The Morgan fingerprint density at radius 2 is 1.86 bits per heavy atom. The number of carbonyl (C=O) groups is 2. The van der Waals surface area contributed by atoms with E-state index in [2.05, 4.69) is 17.6 Å². The number of fused-ring (bicyclic) bond motifs is 3. The number of para-hydroxylation sites is 1. The van der Waals surface area contributed by atoms with Gasteiger partial charge in [0.1, 0.15) is 0 Å². The van der Waals surface area contributed by atoms with Gasteiger partial charge in [0.25, 0.3) is 5.91 Å². The fourth-order valence-electron chi connectivity index (χ4n) is 4.07. The standard InChI is InChI=1S/C23H24N2O3/c1-3-13-24-14-12-20-21(22(24)26)18-6-4-5-7-19(18)25(20)15-16-8-10-17(11-9-16)23(27)28-2/h4-11H,3,12-15H2,1-2H3. The van der Waals surface area contributed by atoms with E-state index in [0.717, 1.165) is 53.7 Å². The average molecular weight is 376 g/mol. The van der Waals surface area contributed by atoms with E-state index in [1.165, 1.54) is 7.11 Å². The minimum atomic E-state index is -0.336. The largest absolute Gasteiger partial charge is 0.465 e. The highest BCUT2D eigenvalue weighted by molar-refractivity contribution is 6.09. The summed E-state index contributed by atoms with van der Waals surface area (Å²) in [5, 5.41) is 1.02. The molecular weight excluding hydrogens is 352 g/mol. The number of ether oxygens (including phenoxy) is 1. The Kier molecular flexibility index (Phi) is 4.90. The van der Waals surface area contributed by atoms with Crippen LogP contribution in [-0.4, -0.2) is 41.5 Å². The first-order chi connectivity index (χ1) is 13.6. The van der Waals surface area contributed by atoms with Crippen molar-refractivity contribution >= 4 is 22.8 Å². The van der Waals surface area contributed by atoms with Crippen molar-refractivity contribution in [2.75, 3.05) is 20.2 Å². The van der Waals surface area contributed by atoms with Crippen molar-refractivity contribution < 1.29 is 14.3 Å². The average Bonchev–Trinajstić information content (AvgIpc) is 3.04. The zero-order chi connectivity index (χ0) is 19.7. The number of aromatic nitrogens is 1. The van der Waals surface area contributed by atoms with E-state index in [-0.39, 0.29) is 11.9 Å². The topological polar surface area (TPSA) is 51.5 Å². The molecule has 1 amide bonds. The lowest BCUT2D eigenvalue weighted by molar-refractivity contribution is 0.0600. The van der Waals surface area contributed by atoms with E-state index in [1.54, 1.807) is 12.1 Å². The van der Waals surface area contributed by atoms with Crippen LogP contribution in [0.5, 0.6) is 0 Å². The van der Waals surface area contributed by atoms with Gasteiger partial charge in [0.15, 0.2) is 0 Å². The van der Waals surface area contributed by atoms with Crippen LogP contribution in [0.2, 0.25) is 0 Å². The summed E-state index contributed by atoms with van der Waals surface area (Å²) in [5.74, 6) is -0.198. The highest BCUT2D eigenvalue weighted by atomic mass is 16.5. The van der Waals surface area contributed by atoms with Gasteiger partial charge in [-0.2, -0.15) is 0 Å². The van der Waals surface area contributed by atoms with Crippen LogP contribution < -0.4 is 0 Å². The third-order valence-electron chi connectivity index (χ3n) is 5.41. The van der Waals surface area contributed by atoms with Gasteiger partial charge >= 0.3 is 5.97 Å². The second kappa shape index (κ2) is 7.50. The summed E-state index contributed by atoms with van der Waals surface area (Å²) < 4.78 is 7.02. The third kappa shape index (κ3) is 3.07. The molecule has 0 spiro atoms. The Morgan fingerprint density at radius 3 is 2.57 bits per heavy atom. The molecule has 1 aliphatic heterocycles. The molecule has 2 heterocycles. The van der Waals surface area contributed by atoms with Gasteiger partial charge < -0.3 is 14.2 Å². The van der Waals surface area contributed by atoms with Gasteiger partial charge in [-0.15, -0.1) is 0 Å². The first-order valence-corrected chi connectivity index (χ1v) is 9.70. The minimum absolute atomic E-state index is 0.138. The highest BCUT2D eigenvalue weighted by Crippen LogP contribution is 2.31. The first kappa shape index (κ1) is 18.3. The second-order valence-corrected chi connectivity index (χ2v) is 7.16. The SMILES string of the molecule is CCCN1CCc2c(c3ccccc3n2Cc2ccc(C(=O)OC)cc2)C1=O. The van der Waals surface area contributed by atoms with Crippen molar-refractivity contribution in [3.63, 3.8) is 0 Å². The maximum Gasteiger partial charge on any atom is 0.337 e. The summed E-state index contributed by atoms with van der Waals surface area (Å²) in [6, 6.07) is 15.6. The molecule has 0 N–H and O–H groups in total. The van der Waals surface area contributed by atoms with Crippen molar-refractivity contribution in [2.24, 2.45) is 0 Å². The van der Waals surface area contributed by atoms with Crippen molar-refractivity contribution in [1.82, 2.24) is 9.47 Å². The normalized spacial score (nSPS) is 13.6. The molecule has 0 bridgehead atoms. The van der Waals surface area contributed by atoms with Gasteiger partial charge in [0, 0.05) is 42.7 Å². The van der Waals surface area contributed by atoms with Gasteiger partial charge in [-0.25, -0.2) is 4.79 Å². The Balaban J connectivity index is 1.74. The maximum atomic E-state index is 13.1. The molecule has 0 radical (unpaired) electrons. The molecule has 0 unspecified atom stereocenters. The molecule has 0 saturated carbocycles. The quantitative estimate of drug-likeness (QED) is 0.635. The lowest BCUT2D eigenvalue weighted by atomic mass is 10.0. The van der Waals surface area contributed by atoms with Crippen molar-refractivity contribution in [3.8, 4) is 0 Å². The highest BCUT2D eigenvalue weighted by Gasteiger charge is 2.30. The van der Waals surface area contributed by atoms with E-state index < -0.39 is 0 Å². The van der Waals surface area contributed by atoms with Crippen LogP contribution >= 0.6 is 0 Å². The Morgan fingerprint density at radius 1 is 1.11 bits per heavy atom. The van der Waals surface area contributed by atoms with E-state index in [9.17, 15) is 9.59 Å². The molecule has 3 aromatic rings. The van der Waals surface area contributed by atoms with Gasteiger partial charge in [0.05, 0.1) is 18.2 Å². The Hall–Kier alpha value is -3.08. The summed E-state index contributed by atoms with van der Waals surface area (Å²) in [6.45, 7) is 4.33.